The van der Waals surface area contributed by atoms with Gasteiger partial charge in [0, 0.05) is 6.42 Å². The van der Waals surface area contributed by atoms with E-state index in [4.69, 9.17) is 4.74 Å². The van der Waals surface area contributed by atoms with Crippen LogP contribution in [0, 0.1) is 0 Å². The van der Waals surface area contributed by atoms with E-state index in [1.807, 2.05) is 36.4 Å². The van der Waals surface area contributed by atoms with E-state index >= 15 is 0 Å². The molecule has 2 amide bonds. The summed E-state index contributed by atoms with van der Waals surface area (Å²) in [6.45, 7) is 2.25. The third kappa shape index (κ3) is 5.44. The van der Waals surface area contributed by atoms with Crippen LogP contribution in [0.25, 0.3) is 16.8 Å². The average Bonchev–Trinajstić information content (AvgIpc) is 2.94. The zero-order chi connectivity index (χ0) is 19.2. The number of hydrogen-bond acceptors (Lipinski definition) is 5. The number of rotatable bonds is 8. The monoisotopic (exact) mass is 383 g/mol. The third-order valence-electron chi connectivity index (χ3n) is 4.22. The quantitative estimate of drug-likeness (QED) is 0.529. The highest BCUT2D eigenvalue weighted by Crippen LogP contribution is 2.28. The van der Waals surface area contributed by atoms with Gasteiger partial charge >= 0.3 is 0 Å². The number of carbonyl (C=O) groups is 3. The normalized spacial score (nSPS) is 15.4. The molecular weight excluding hydrogens is 362 g/mol. The van der Waals surface area contributed by atoms with Crippen LogP contribution in [0.5, 0.6) is 5.75 Å². The number of imide groups is 1. The van der Waals surface area contributed by atoms with Gasteiger partial charge in [0.2, 0.25) is 0 Å². The molecule has 3 rings (SSSR count). The van der Waals surface area contributed by atoms with Gasteiger partial charge in [0.1, 0.15) is 11.5 Å². The number of thioether (sulfide) groups is 1. The minimum absolute atomic E-state index is 0.235. The zero-order valence-electron chi connectivity index (χ0n) is 15.1. The first-order valence-corrected chi connectivity index (χ1v) is 9.74. The van der Waals surface area contributed by atoms with Crippen LogP contribution in [0.2, 0.25) is 0 Å². The molecule has 27 heavy (non-hydrogen) atoms. The number of nitrogens with one attached hydrogen (secondary N) is 1. The molecule has 1 aliphatic rings. The highest BCUT2D eigenvalue weighted by atomic mass is 32.2. The fourth-order valence-electron chi connectivity index (χ4n) is 2.84. The van der Waals surface area contributed by atoms with Gasteiger partial charge in [0.15, 0.2) is 0 Å². The Morgan fingerprint density at radius 2 is 1.85 bits per heavy atom. The topological polar surface area (TPSA) is 72.5 Å². The number of ketones is 1. The van der Waals surface area contributed by atoms with Crippen LogP contribution in [-0.2, 0) is 9.59 Å². The lowest BCUT2D eigenvalue weighted by Gasteiger charge is -2.08. The van der Waals surface area contributed by atoms with Crippen molar-refractivity contribution in [3.8, 4) is 5.75 Å². The van der Waals surface area contributed by atoms with Crippen LogP contribution in [0.4, 0.5) is 4.79 Å². The van der Waals surface area contributed by atoms with Crippen molar-refractivity contribution >= 4 is 45.5 Å². The Balaban J connectivity index is 1.60. The number of Topliss-reactive ketones (excluding diaryl/α,β-unsaturated/α-hetero) is 1. The first kappa shape index (κ1) is 19.2. The van der Waals surface area contributed by atoms with E-state index in [2.05, 4.69) is 5.32 Å². The minimum Gasteiger partial charge on any atom is -0.494 e. The Labute approximate surface area is 162 Å². The van der Waals surface area contributed by atoms with E-state index in [0.29, 0.717) is 17.9 Å². The second-order valence-electron chi connectivity index (χ2n) is 6.48. The minimum atomic E-state index is -0.350. The number of hydrogen-bond donors (Lipinski definition) is 1. The van der Waals surface area contributed by atoms with Gasteiger partial charge in [-0.05, 0) is 78.6 Å². The Kier molecular flexibility index (Phi) is 6.29. The lowest BCUT2D eigenvalue weighted by Crippen LogP contribution is -2.17. The summed E-state index contributed by atoms with van der Waals surface area (Å²) in [5.41, 5.74) is 0.869. The molecule has 0 radical (unpaired) electrons. The largest absolute Gasteiger partial charge is 0.494 e. The number of amides is 2. The Morgan fingerprint density at radius 1 is 1.07 bits per heavy atom. The number of benzene rings is 2. The van der Waals surface area contributed by atoms with Crippen molar-refractivity contribution in [2.75, 3.05) is 6.61 Å². The highest BCUT2D eigenvalue weighted by Gasteiger charge is 2.24. The predicted molar refractivity (Wildman–Crippen MR) is 108 cm³/mol. The van der Waals surface area contributed by atoms with Crippen molar-refractivity contribution in [2.24, 2.45) is 0 Å². The summed E-state index contributed by atoms with van der Waals surface area (Å²) in [5, 5.41) is 4.00. The molecule has 0 aliphatic carbocycles. The lowest BCUT2D eigenvalue weighted by molar-refractivity contribution is -0.117. The molecule has 2 aromatic carbocycles. The Morgan fingerprint density at radius 3 is 2.59 bits per heavy atom. The molecule has 0 aromatic heterocycles. The lowest BCUT2D eigenvalue weighted by atomic mass is 10.1. The number of ether oxygens (including phenoxy) is 1. The molecule has 0 unspecified atom stereocenters. The summed E-state index contributed by atoms with van der Waals surface area (Å²) >= 11 is 0.915. The molecule has 0 bridgehead atoms. The summed E-state index contributed by atoms with van der Waals surface area (Å²) < 4.78 is 5.79. The molecule has 1 heterocycles. The third-order valence-corrected chi connectivity index (χ3v) is 5.03. The van der Waals surface area contributed by atoms with E-state index in [1.54, 1.807) is 13.0 Å². The number of unbranched alkanes of at least 4 members (excludes halogenated alkanes) is 2. The molecule has 1 N–H and O–H groups in total. The van der Waals surface area contributed by atoms with Gasteiger partial charge in [-0.15, -0.1) is 0 Å². The van der Waals surface area contributed by atoms with Crippen molar-refractivity contribution in [3.05, 3.63) is 46.9 Å². The highest BCUT2D eigenvalue weighted by molar-refractivity contribution is 8.18. The molecule has 1 saturated heterocycles. The summed E-state index contributed by atoms with van der Waals surface area (Å²) in [5.74, 6) is 0.702. The van der Waals surface area contributed by atoms with E-state index in [1.165, 1.54) is 0 Å². The summed E-state index contributed by atoms with van der Waals surface area (Å²) in [7, 11) is 0. The van der Waals surface area contributed by atoms with Gasteiger partial charge in [-0.1, -0.05) is 18.2 Å². The van der Waals surface area contributed by atoms with Crippen LogP contribution < -0.4 is 10.1 Å². The van der Waals surface area contributed by atoms with Crippen molar-refractivity contribution in [1.29, 1.82) is 0 Å². The van der Waals surface area contributed by atoms with Crippen LogP contribution >= 0.6 is 11.8 Å². The molecule has 6 heteroatoms. The fraction of sp³-hybridized carbons (Fsp3) is 0.286. The van der Waals surface area contributed by atoms with Crippen molar-refractivity contribution in [2.45, 2.75) is 32.6 Å². The molecule has 2 aromatic rings. The first-order chi connectivity index (χ1) is 13.0. The van der Waals surface area contributed by atoms with Gasteiger partial charge in [-0.3, -0.25) is 14.9 Å². The second kappa shape index (κ2) is 8.86. The van der Waals surface area contributed by atoms with Crippen molar-refractivity contribution < 1.29 is 19.1 Å². The van der Waals surface area contributed by atoms with E-state index in [0.717, 1.165) is 53.1 Å². The van der Waals surface area contributed by atoms with Gasteiger partial charge in [0.05, 0.1) is 11.5 Å². The van der Waals surface area contributed by atoms with E-state index < -0.39 is 0 Å². The predicted octanol–water partition coefficient (Wildman–Crippen LogP) is 4.69. The van der Waals surface area contributed by atoms with Crippen molar-refractivity contribution in [3.63, 3.8) is 0 Å². The van der Waals surface area contributed by atoms with Crippen LogP contribution in [0.15, 0.2) is 41.3 Å². The molecule has 0 saturated carbocycles. The molecule has 0 spiro atoms. The number of carbonyl (C=O) groups excluding carboxylic acids is 3. The van der Waals surface area contributed by atoms with Gasteiger partial charge in [-0.2, -0.15) is 0 Å². The van der Waals surface area contributed by atoms with Crippen LogP contribution in [0.1, 0.15) is 38.2 Å². The Bertz CT molecular complexity index is 920. The summed E-state index contributed by atoms with van der Waals surface area (Å²) in [4.78, 5) is 34.2. The maximum atomic E-state index is 11.6. The molecular formula is C21H21NO4S. The maximum absolute atomic E-state index is 11.6. The van der Waals surface area contributed by atoms with Gasteiger partial charge < -0.3 is 9.53 Å². The molecule has 1 fully saturated rings. The Hall–Kier alpha value is -2.60. The fourth-order valence-corrected chi connectivity index (χ4v) is 3.52. The van der Waals surface area contributed by atoms with Gasteiger partial charge in [-0.25, -0.2) is 0 Å². The maximum Gasteiger partial charge on any atom is 0.290 e. The van der Waals surface area contributed by atoms with Crippen LogP contribution in [-0.4, -0.2) is 23.5 Å². The zero-order valence-corrected chi connectivity index (χ0v) is 15.9. The summed E-state index contributed by atoms with van der Waals surface area (Å²) in [6.07, 6.45) is 5.19. The molecule has 5 nitrogen and oxygen atoms in total. The van der Waals surface area contributed by atoms with E-state index in [9.17, 15) is 14.4 Å². The van der Waals surface area contributed by atoms with E-state index in [-0.39, 0.29) is 16.9 Å². The molecule has 1 aliphatic heterocycles. The SMILES string of the molecule is CC(=O)CCCCCOc1ccc2cc(/C=C3\SC(=O)NC3=O)ccc2c1. The smallest absolute Gasteiger partial charge is 0.290 e. The van der Waals surface area contributed by atoms with Gasteiger partial charge in [0.25, 0.3) is 11.1 Å². The number of fused-ring (bicyclic) bond motifs is 1. The molecule has 140 valence electrons. The average molecular weight is 383 g/mol. The standard InChI is InChI=1S/C21H21NO4S/c1-14(23)5-3-2-4-10-26-18-9-8-16-11-15(6-7-17(16)13-18)12-19-20(24)22-21(25)27-19/h6-9,11-13H,2-5,10H2,1H3,(H,22,24,25)/b19-12-. The first-order valence-electron chi connectivity index (χ1n) is 8.92. The summed E-state index contributed by atoms with van der Waals surface area (Å²) in [6, 6.07) is 11.8. The second-order valence-corrected chi connectivity index (χ2v) is 7.50. The van der Waals surface area contributed by atoms with Crippen molar-refractivity contribution in [1.82, 2.24) is 5.32 Å². The van der Waals surface area contributed by atoms with Crippen LogP contribution in [0.3, 0.4) is 0 Å². The molecule has 0 atom stereocenters.